The van der Waals surface area contributed by atoms with Crippen LogP contribution in [0.3, 0.4) is 0 Å². The van der Waals surface area contributed by atoms with Crippen LogP contribution in [0.25, 0.3) is 0 Å². The number of hydrogen-bond acceptors (Lipinski definition) is 5. The number of carbonyl (C=O) groups is 2. The fourth-order valence-electron chi connectivity index (χ4n) is 2.45. The van der Waals surface area contributed by atoms with Crippen molar-refractivity contribution in [2.45, 2.75) is 26.9 Å². The van der Waals surface area contributed by atoms with Gasteiger partial charge in [-0.3, -0.25) is 25.1 Å². The van der Waals surface area contributed by atoms with Crippen LogP contribution in [0.4, 0.5) is 0 Å². The molecule has 0 atom stereocenters. The first-order chi connectivity index (χ1) is 12.5. The topological polar surface area (TPSA) is 107 Å². The first kappa shape index (κ1) is 17.3. The Morgan fingerprint density at radius 2 is 1.88 bits per heavy atom. The van der Waals surface area contributed by atoms with E-state index in [-0.39, 0.29) is 18.1 Å². The van der Waals surface area contributed by atoms with Crippen molar-refractivity contribution in [2.24, 2.45) is 0 Å². The summed E-state index contributed by atoms with van der Waals surface area (Å²) in [5, 5.41) is 11.9. The summed E-state index contributed by atoms with van der Waals surface area (Å²) in [5.74, 6) is -0.924. The first-order valence-electron chi connectivity index (χ1n) is 8.05. The van der Waals surface area contributed by atoms with Crippen molar-refractivity contribution in [2.75, 3.05) is 0 Å². The van der Waals surface area contributed by atoms with E-state index in [1.54, 1.807) is 9.36 Å². The van der Waals surface area contributed by atoms with Crippen LogP contribution in [0.15, 0.2) is 42.6 Å². The Labute approximate surface area is 150 Å². The molecule has 2 aromatic heterocycles. The number of hydrogen-bond donors (Lipinski definition) is 2. The molecule has 0 saturated heterocycles. The minimum atomic E-state index is -0.536. The van der Waals surface area contributed by atoms with Crippen molar-refractivity contribution in [3.63, 3.8) is 0 Å². The van der Waals surface area contributed by atoms with Crippen LogP contribution in [0.1, 0.15) is 27.4 Å². The quantitative estimate of drug-likeness (QED) is 0.653. The van der Waals surface area contributed by atoms with Gasteiger partial charge in [-0.25, -0.2) is 4.68 Å². The van der Waals surface area contributed by atoms with E-state index < -0.39 is 5.91 Å². The maximum atomic E-state index is 12.1. The third-order valence-electron chi connectivity index (χ3n) is 3.67. The molecule has 2 amide bonds. The largest absolute Gasteiger partial charge is 0.291 e. The molecule has 26 heavy (non-hydrogen) atoms. The monoisotopic (exact) mass is 353 g/mol. The number of hydrazine groups is 1. The van der Waals surface area contributed by atoms with Gasteiger partial charge in [0.2, 0.25) is 0 Å². The second-order valence-corrected chi connectivity index (χ2v) is 5.87. The number of rotatable bonds is 5. The van der Waals surface area contributed by atoms with Crippen LogP contribution in [-0.2, 0) is 17.9 Å². The molecule has 0 aliphatic carbocycles. The third kappa shape index (κ3) is 4.32. The number of amides is 2. The van der Waals surface area contributed by atoms with Gasteiger partial charge in [0, 0.05) is 5.69 Å². The first-order valence-corrected chi connectivity index (χ1v) is 8.05. The van der Waals surface area contributed by atoms with Gasteiger partial charge in [0.15, 0.2) is 5.69 Å². The van der Waals surface area contributed by atoms with Crippen molar-refractivity contribution < 1.29 is 9.59 Å². The molecule has 0 spiro atoms. The molecule has 0 saturated carbocycles. The van der Waals surface area contributed by atoms with Crippen molar-refractivity contribution >= 4 is 11.8 Å². The van der Waals surface area contributed by atoms with E-state index in [0.717, 1.165) is 17.0 Å². The smallest absolute Gasteiger partial charge is 0.271 e. The highest BCUT2D eigenvalue weighted by molar-refractivity contribution is 5.93. The van der Waals surface area contributed by atoms with Crippen LogP contribution in [0.2, 0.25) is 0 Å². The van der Waals surface area contributed by atoms with Crippen molar-refractivity contribution in [1.29, 1.82) is 0 Å². The molecule has 2 heterocycles. The molecule has 0 unspecified atom stereocenters. The maximum Gasteiger partial charge on any atom is 0.291 e. The number of carbonyl (C=O) groups excluding carboxylic acids is 2. The lowest BCUT2D eigenvalue weighted by atomic mass is 10.2. The minimum absolute atomic E-state index is 0.0145. The summed E-state index contributed by atoms with van der Waals surface area (Å²) < 4.78 is 3.12. The number of aryl methyl sites for hydroxylation is 2. The van der Waals surface area contributed by atoms with E-state index in [1.807, 2.05) is 50.2 Å². The summed E-state index contributed by atoms with van der Waals surface area (Å²) in [6.45, 7) is 4.23. The molecule has 2 N–H and O–H groups in total. The zero-order valence-corrected chi connectivity index (χ0v) is 14.5. The Balaban J connectivity index is 1.52. The average molecular weight is 353 g/mol. The van der Waals surface area contributed by atoms with E-state index in [1.165, 1.54) is 6.20 Å². The molecule has 0 aliphatic rings. The molecule has 9 nitrogen and oxygen atoms in total. The van der Waals surface area contributed by atoms with Crippen LogP contribution in [0.5, 0.6) is 0 Å². The molecule has 134 valence electrons. The fraction of sp³-hybridized carbons (Fsp3) is 0.235. The molecule has 0 bridgehead atoms. The molecule has 0 fully saturated rings. The summed E-state index contributed by atoms with van der Waals surface area (Å²) in [4.78, 5) is 24.0. The van der Waals surface area contributed by atoms with Gasteiger partial charge in [0.05, 0.1) is 18.4 Å². The Kier molecular flexibility index (Phi) is 5.07. The van der Waals surface area contributed by atoms with Crippen LogP contribution < -0.4 is 10.9 Å². The molecule has 0 aliphatic heterocycles. The highest BCUT2D eigenvalue weighted by Crippen LogP contribution is 2.02. The number of benzene rings is 1. The molecule has 1 aromatic carbocycles. The predicted molar refractivity (Wildman–Crippen MR) is 92.9 cm³/mol. The van der Waals surface area contributed by atoms with Crippen LogP contribution >= 0.6 is 0 Å². The molecular formula is C17H19N7O2. The van der Waals surface area contributed by atoms with Gasteiger partial charge in [-0.2, -0.15) is 5.10 Å². The Morgan fingerprint density at radius 3 is 2.58 bits per heavy atom. The summed E-state index contributed by atoms with van der Waals surface area (Å²) >= 11 is 0. The van der Waals surface area contributed by atoms with Gasteiger partial charge >= 0.3 is 0 Å². The maximum absolute atomic E-state index is 12.1. The SMILES string of the molecule is Cc1cc(C)n(CC(=O)NNC(=O)c2cn(Cc3ccccc3)nn2)n1. The molecule has 3 aromatic rings. The van der Waals surface area contributed by atoms with Crippen LogP contribution in [-0.4, -0.2) is 36.6 Å². The van der Waals surface area contributed by atoms with E-state index in [0.29, 0.717) is 6.54 Å². The predicted octanol–water partition coefficient (Wildman–Crippen LogP) is 0.601. The van der Waals surface area contributed by atoms with Gasteiger partial charge in [0.1, 0.15) is 6.54 Å². The second kappa shape index (κ2) is 7.60. The van der Waals surface area contributed by atoms with Gasteiger partial charge < -0.3 is 0 Å². The minimum Gasteiger partial charge on any atom is -0.271 e. The Hall–Kier alpha value is -3.49. The van der Waals surface area contributed by atoms with Crippen LogP contribution in [0, 0.1) is 13.8 Å². The van der Waals surface area contributed by atoms with Crippen molar-refractivity contribution in [1.82, 2.24) is 35.6 Å². The summed E-state index contributed by atoms with van der Waals surface area (Å²) in [6.07, 6.45) is 1.52. The van der Waals surface area contributed by atoms with Gasteiger partial charge in [-0.05, 0) is 25.5 Å². The van der Waals surface area contributed by atoms with Crippen molar-refractivity contribution in [3.05, 3.63) is 65.2 Å². The zero-order valence-electron chi connectivity index (χ0n) is 14.5. The summed E-state index contributed by atoms with van der Waals surface area (Å²) in [7, 11) is 0. The van der Waals surface area contributed by atoms with Crippen molar-refractivity contribution in [3.8, 4) is 0 Å². The lowest BCUT2D eigenvalue weighted by Gasteiger charge is -2.07. The third-order valence-corrected chi connectivity index (χ3v) is 3.67. The van der Waals surface area contributed by atoms with E-state index in [2.05, 4.69) is 26.3 Å². The average Bonchev–Trinajstić information content (AvgIpc) is 3.20. The molecule has 0 radical (unpaired) electrons. The zero-order chi connectivity index (χ0) is 18.5. The lowest BCUT2D eigenvalue weighted by Crippen LogP contribution is -2.43. The highest BCUT2D eigenvalue weighted by Gasteiger charge is 2.13. The molecular weight excluding hydrogens is 334 g/mol. The van der Waals surface area contributed by atoms with E-state index in [4.69, 9.17) is 0 Å². The highest BCUT2D eigenvalue weighted by atomic mass is 16.2. The number of nitrogens with zero attached hydrogens (tertiary/aromatic N) is 5. The van der Waals surface area contributed by atoms with E-state index in [9.17, 15) is 9.59 Å². The molecule has 9 heteroatoms. The summed E-state index contributed by atoms with van der Waals surface area (Å²) in [6, 6.07) is 11.6. The standard InChI is InChI=1S/C17H19N7O2/c1-12-8-13(2)24(21-12)11-16(25)19-20-17(26)15-10-23(22-18-15)9-14-6-4-3-5-7-14/h3-8,10H,9,11H2,1-2H3,(H,19,25)(H,20,26). The summed E-state index contributed by atoms with van der Waals surface area (Å²) in [5.41, 5.74) is 7.53. The molecule has 3 rings (SSSR count). The Morgan fingerprint density at radius 1 is 1.12 bits per heavy atom. The fourth-order valence-corrected chi connectivity index (χ4v) is 2.45. The number of aromatic nitrogens is 5. The lowest BCUT2D eigenvalue weighted by molar-refractivity contribution is -0.122. The van der Waals surface area contributed by atoms with Gasteiger partial charge in [-0.1, -0.05) is 35.5 Å². The normalized spacial score (nSPS) is 10.5. The van der Waals surface area contributed by atoms with E-state index >= 15 is 0 Å². The second-order valence-electron chi connectivity index (χ2n) is 5.87. The van der Waals surface area contributed by atoms with Gasteiger partial charge in [-0.15, -0.1) is 5.10 Å². The number of nitrogens with one attached hydrogen (secondary N) is 2. The van der Waals surface area contributed by atoms with Gasteiger partial charge in [0.25, 0.3) is 11.8 Å². The Bertz CT molecular complexity index is 914.